The molecule has 1 N–H and O–H groups in total. The number of carboxylic acids is 1. The third-order valence-electron chi connectivity index (χ3n) is 9.33. The number of carbonyl (C=O) groups excluding carboxylic acids is 1. The van der Waals surface area contributed by atoms with Crippen molar-refractivity contribution < 1.29 is 19.4 Å². The molecule has 1 atom stereocenters. The van der Waals surface area contributed by atoms with E-state index in [0.29, 0.717) is 12.8 Å². The summed E-state index contributed by atoms with van der Waals surface area (Å²) >= 11 is 0. The topological polar surface area (TPSA) is 63.6 Å². The van der Waals surface area contributed by atoms with Crippen molar-refractivity contribution >= 4 is 11.9 Å². The maximum atomic E-state index is 12.6. The highest BCUT2D eigenvalue weighted by molar-refractivity contribution is 5.69. The van der Waals surface area contributed by atoms with E-state index in [4.69, 9.17) is 9.84 Å². The van der Waals surface area contributed by atoms with Gasteiger partial charge in [-0.1, -0.05) is 153 Å². The van der Waals surface area contributed by atoms with E-state index < -0.39 is 5.97 Å². The molecule has 0 heterocycles. The van der Waals surface area contributed by atoms with Gasteiger partial charge >= 0.3 is 11.9 Å². The summed E-state index contributed by atoms with van der Waals surface area (Å²) in [6.45, 7) is 4.49. The van der Waals surface area contributed by atoms with Crippen LogP contribution in [-0.4, -0.2) is 23.1 Å². The third kappa shape index (κ3) is 38.6. The summed E-state index contributed by atoms with van der Waals surface area (Å²) in [5.41, 5.74) is 0. The maximum absolute atomic E-state index is 12.6. The Hall–Kier alpha value is -1.84. The summed E-state index contributed by atoms with van der Waals surface area (Å²) in [4.78, 5) is 23.1. The molecule has 0 rings (SSSR count). The fourth-order valence-corrected chi connectivity index (χ4v) is 6.21. The molecule has 1 unspecified atom stereocenters. The van der Waals surface area contributed by atoms with Crippen LogP contribution in [-0.2, 0) is 14.3 Å². The largest absolute Gasteiger partial charge is 0.481 e. The molecule has 280 valence electrons. The number of allylic oxidation sites excluding steroid dienone is 6. The molecule has 4 heteroatoms. The average Bonchev–Trinajstić information content (AvgIpc) is 3.07. The van der Waals surface area contributed by atoms with E-state index in [-0.39, 0.29) is 12.1 Å². The minimum atomic E-state index is -0.673. The Kier molecular flexibility index (Phi) is 38.1. The standard InChI is InChI=1S/C44H80O4/c1-3-5-7-8-9-10-11-12-13-14-15-16-17-18-19-20-24-27-30-33-37-41-44(47)48-42(38-34-6-4-2)39-35-31-28-25-22-21-23-26-29-32-36-40-43(45)46/h9-10,12-13,18-19,42H,3-8,11,14-17,20-41H2,1-2H3,(H,45,46)/b10-9-,13-12-,19-18-. The van der Waals surface area contributed by atoms with Crippen LogP contribution >= 0.6 is 0 Å². The van der Waals surface area contributed by atoms with Crippen molar-refractivity contribution in [1.82, 2.24) is 0 Å². The zero-order valence-electron chi connectivity index (χ0n) is 32.0. The molecule has 0 aliphatic carbocycles. The van der Waals surface area contributed by atoms with Crippen molar-refractivity contribution in [2.24, 2.45) is 0 Å². The van der Waals surface area contributed by atoms with E-state index in [2.05, 4.69) is 50.3 Å². The van der Waals surface area contributed by atoms with Crippen LogP contribution in [0.15, 0.2) is 36.5 Å². The minimum absolute atomic E-state index is 0.0209. The molecule has 0 aromatic heterocycles. The summed E-state index contributed by atoms with van der Waals surface area (Å²) in [5.74, 6) is -0.652. The second-order valence-electron chi connectivity index (χ2n) is 14.2. The number of hydrogen-bond donors (Lipinski definition) is 1. The van der Waals surface area contributed by atoms with Crippen molar-refractivity contribution in [3.8, 4) is 0 Å². The van der Waals surface area contributed by atoms with Crippen LogP contribution in [0, 0.1) is 0 Å². The zero-order valence-corrected chi connectivity index (χ0v) is 32.0. The first-order chi connectivity index (χ1) is 23.6. The van der Waals surface area contributed by atoms with Gasteiger partial charge in [0.05, 0.1) is 0 Å². The van der Waals surface area contributed by atoms with Crippen molar-refractivity contribution in [1.29, 1.82) is 0 Å². The number of hydrogen-bond acceptors (Lipinski definition) is 3. The molecule has 0 radical (unpaired) electrons. The lowest BCUT2D eigenvalue weighted by Crippen LogP contribution is -2.18. The normalized spacial score (nSPS) is 12.5. The number of aliphatic carboxylic acids is 1. The van der Waals surface area contributed by atoms with Crippen LogP contribution in [0.5, 0.6) is 0 Å². The Morgan fingerprint density at radius 3 is 1.31 bits per heavy atom. The van der Waals surface area contributed by atoms with Gasteiger partial charge in [0.25, 0.3) is 0 Å². The first-order valence-corrected chi connectivity index (χ1v) is 21.0. The number of esters is 1. The Labute approximate surface area is 299 Å². The highest BCUT2D eigenvalue weighted by atomic mass is 16.5. The van der Waals surface area contributed by atoms with Crippen LogP contribution in [0.3, 0.4) is 0 Å². The maximum Gasteiger partial charge on any atom is 0.306 e. The van der Waals surface area contributed by atoms with Gasteiger partial charge in [0.15, 0.2) is 0 Å². The minimum Gasteiger partial charge on any atom is -0.481 e. The van der Waals surface area contributed by atoms with Gasteiger partial charge < -0.3 is 9.84 Å². The van der Waals surface area contributed by atoms with Gasteiger partial charge in [-0.15, -0.1) is 0 Å². The van der Waals surface area contributed by atoms with E-state index in [1.807, 2.05) is 0 Å². The van der Waals surface area contributed by atoms with Gasteiger partial charge in [-0.3, -0.25) is 9.59 Å². The molecule has 0 saturated carbocycles. The molecule has 0 amide bonds. The lowest BCUT2D eigenvalue weighted by Gasteiger charge is -2.18. The summed E-state index contributed by atoms with van der Waals surface area (Å²) < 4.78 is 5.97. The first-order valence-electron chi connectivity index (χ1n) is 21.0. The van der Waals surface area contributed by atoms with Gasteiger partial charge in [0.2, 0.25) is 0 Å². The van der Waals surface area contributed by atoms with Crippen molar-refractivity contribution in [2.45, 2.75) is 232 Å². The summed E-state index contributed by atoms with van der Waals surface area (Å²) in [7, 11) is 0. The average molecular weight is 673 g/mol. The van der Waals surface area contributed by atoms with Crippen LogP contribution in [0.4, 0.5) is 0 Å². The fourth-order valence-electron chi connectivity index (χ4n) is 6.21. The van der Waals surface area contributed by atoms with Gasteiger partial charge in [-0.05, 0) is 96.3 Å². The molecule has 0 spiro atoms. The monoisotopic (exact) mass is 673 g/mol. The second-order valence-corrected chi connectivity index (χ2v) is 14.2. The number of carbonyl (C=O) groups is 2. The molecule has 0 aliphatic heterocycles. The summed E-state index contributed by atoms with van der Waals surface area (Å²) in [5, 5.41) is 8.69. The van der Waals surface area contributed by atoms with E-state index in [0.717, 1.165) is 57.8 Å². The van der Waals surface area contributed by atoms with Gasteiger partial charge in [-0.2, -0.15) is 0 Å². The highest BCUT2D eigenvalue weighted by Crippen LogP contribution is 2.18. The highest BCUT2D eigenvalue weighted by Gasteiger charge is 2.14. The van der Waals surface area contributed by atoms with Crippen LogP contribution in [0.1, 0.15) is 226 Å². The van der Waals surface area contributed by atoms with Crippen LogP contribution in [0.25, 0.3) is 0 Å². The van der Waals surface area contributed by atoms with E-state index >= 15 is 0 Å². The quantitative estimate of drug-likeness (QED) is 0.0403. The van der Waals surface area contributed by atoms with Gasteiger partial charge in [-0.25, -0.2) is 0 Å². The molecular weight excluding hydrogens is 592 g/mol. The summed E-state index contributed by atoms with van der Waals surface area (Å²) in [6.07, 6.45) is 52.1. The molecule has 0 saturated heterocycles. The number of rotatable bonds is 38. The lowest BCUT2D eigenvalue weighted by atomic mass is 10.0. The lowest BCUT2D eigenvalue weighted by molar-refractivity contribution is -0.150. The Morgan fingerprint density at radius 2 is 0.812 bits per heavy atom. The fraction of sp³-hybridized carbons (Fsp3) is 0.818. The zero-order chi connectivity index (χ0) is 35.0. The van der Waals surface area contributed by atoms with E-state index in [9.17, 15) is 9.59 Å². The van der Waals surface area contributed by atoms with Crippen molar-refractivity contribution in [3.05, 3.63) is 36.5 Å². The SMILES string of the molecule is CCCCC/C=C\C/C=C\CCCC/C=C\CCCCCCCC(=O)OC(CCCCC)CCCCCCCCCCCCCC(=O)O. The number of ether oxygens (including phenoxy) is 1. The molecule has 0 aromatic carbocycles. The van der Waals surface area contributed by atoms with E-state index in [1.54, 1.807) is 0 Å². The molecular formula is C44H80O4. The smallest absolute Gasteiger partial charge is 0.306 e. The van der Waals surface area contributed by atoms with Gasteiger partial charge in [0, 0.05) is 12.8 Å². The Bertz CT molecular complexity index is 768. The second kappa shape index (κ2) is 39.6. The molecule has 0 aromatic rings. The first kappa shape index (κ1) is 46.2. The van der Waals surface area contributed by atoms with Gasteiger partial charge in [0.1, 0.15) is 6.10 Å². The molecule has 0 fully saturated rings. The predicted molar refractivity (Wildman–Crippen MR) is 209 cm³/mol. The number of carboxylic acid groups (broad SMARTS) is 1. The van der Waals surface area contributed by atoms with Crippen molar-refractivity contribution in [2.75, 3.05) is 0 Å². The molecule has 0 bridgehead atoms. The molecule has 0 aliphatic rings. The molecule has 48 heavy (non-hydrogen) atoms. The van der Waals surface area contributed by atoms with Crippen molar-refractivity contribution in [3.63, 3.8) is 0 Å². The Morgan fingerprint density at radius 1 is 0.458 bits per heavy atom. The van der Waals surface area contributed by atoms with Crippen LogP contribution < -0.4 is 0 Å². The van der Waals surface area contributed by atoms with E-state index in [1.165, 1.54) is 141 Å². The third-order valence-corrected chi connectivity index (χ3v) is 9.33. The summed E-state index contributed by atoms with van der Waals surface area (Å²) in [6, 6.07) is 0. The number of unbranched alkanes of at least 4 members (excludes halogenated alkanes) is 23. The van der Waals surface area contributed by atoms with Crippen LogP contribution in [0.2, 0.25) is 0 Å². The Balaban J connectivity index is 3.72. The predicted octanol–water partition coefficient (Wildman–Crippen LogP) is 14.6. The molecule has 4 nitrogen and oxygen atoms in total.